The summed E-state index contributed by atoms with van der Waals surface area (Å²) in [6.45, 7) is 3.72. The zero-order valence-electron chi connectivity index (χ0n) is 14.0. The van der Waals surface area contributed by atoms with E-state index in [1.807, 2.05) is 12.1 Å². The number of nitro groups is 1. The summed E-state index contributed by atoms with van der Waals surface area (Å²) >= 11 is 0. The molecule has 25 heavy (non-hydrogen) atoms. The number of hydrogen-bond donors (Lipinski definition) is 0. The van der Waals surface area contributed by atoms with E-state index >= 15 is 0 Å². The van der Waals surface area contributed by atoms with Gasteiger partial charge < -0.3 is 14.4 Å². The van der Waals surface area contributed by atoms with E-state index in [-0.39, 0.29) is 11.7 Å². The summed E-state index contributed by atoms with van der Waals surface area (Å²) < 4.78 is 11.6. The molecule has 0 saturated carbocycles. The Bertz CT molecular complexity index is 824. The van der Waals surface area contributed by atoms with Crippen LogP contribution in [0.3, 0.4) is 0 Å². The maximum atomic E-state index is 11.0. The van der Waals surface area contributed by atoms with Gasteiger partial charge in [-0.1, -0.05) is 12.1 Å². The predicted molar refractivity (Wildman–Crippen MR) is 92.4 cm³/mol. The van der Waals surface area contributed by atoms with Gasteiger partial charge in [0.1, 0.15) is 25.2 Å². The van der Waals surface area contributed by atoms with Crippen molar-refractivity contribution in [3.8, 4) is 11.5 Å². The molecule has 0 spiro atoms. The molecule has 0 bridgehead atoms. The first-order valence-corrected chi connectivity index (χ1v) is 8.41. The number of nitrogens with zero attached hydrogens (tertiary/aromatic N) is 3. The Kier molecular flexibility index (Phi) is 3.91. The molecule has 0 amide bonds. The van der Waals surface area contributed by atoms with Crippen molar-refractivity contribution in [2.24, 2.45) is 0 Å². The van der Waals surface area contributed by atoms with Crippen LogP contribution in [0.15, 0.2) is 30.5 Å². The number of ether oxygens (including phenoxy) is 2. The van der Waals surface area contributed by atoms with Gasteiger partial charge in [0.2, 0.25) is 0 Å². The van der Waals surface area contributed by atoms with Gasteiger partial charge in [-0.25, -0.2) is 4.98 Å². The molecule has 2 aliphatic rings. The van der Waals surface area contributed by atoms with Crippen molar-refractivity contribution in [2.45, 2.75) is 25.8 Å². The molecule has 1 atom stereocenters. The van der Waals surface area contributed by atoms with Crippen LogP contribution >= 0.6 is 0 Å². The standard InChI is InChI=1S/C18H19N3O4/c1-12-10-17(19-11-15(12)21(22)23)20-7-3-5-14(20)13-4-2-6-16-18(13)25-9-8-24-16/h2,4,6,10-11,14H,3,5,7-9H2,1H3. The Morgan fingerprint density at radius 2 is 2.16 bits per heavy atom. The minimum absolute atomic E-state index is 0.0494. The number of hydrogen-bond acceptors (Lipinski definition) is 6. The van der Waals surface area contributed by atoms with Crippen LogP contribution in [0.4, 0.5) is 11.5 Å². The number of pyridine rings is 1. The summed E-state index contributed by atoms with van der Waals surface area (Å²) in [5, 5.41) is 11.0. The van der Waals surface area contributed by atoms with Gasteiger partial charge in [0.25, 0.3) is 5.69 Å². The lowest BCUT2D eigenvalue weighted by Crippen LogP contribution is -2.25. The van der Waals surface area contributed by atoms with Gasteiger partial charge in [0, 0.05) is 17.7 Å². The highest BCUT2D eigenvalue weighted by Crippen LogP contribution is 2.44. The summed E-state index contributed by atoms with van der Waals surface area (Å²) in [6.07, 6.45) is 3.37. The molecule has 4 rings (SSSR count). The second-order valence-electron chi connectivity index (χ2n) is 6.31. The fourth-order valence-electron chi connectivity index (χ4n) is 3.61. The number of anilines is 1. The minimum atomic E-state index is -0.396. The zero-order chi connectivity index (χ0) is 17.4. The molecule has 130 valence electrons. The van der Waals surface area contributed by atoms with Gasteiger partial charge in [-0.05, 0) is 31.9 Å². The monoisotopic (exact) mass is 341 g/mol. The van der Waals surface area contributed by atoms with E-state index in [0.29, 0.717) is 18.8 Å². The van der Waals surface area contributed by atoms with Crippen LogP contribution in [-0.4, -0.2) is 29.7 Å². The number of fused-ring (bicyclic) bond motifs is 1. The van der Waals surface area contributed by atoms with Crippen LogP contribution < -0.4 is 14.4 Å². The Hall–Kier alpha value is -2.83. The van der Waals surface area contributed by atoms with Gasteiger partial charge in [-0.3, -0.25) is 10.1 Å². The molecule has 0 radical (unpaired) electrons. The molecular weight excluding hydrogens is 322 g/mol. The van der Waals surface area contributed by atoms with Crippen LogP contribution in [0.2, 0.25) is 0 Å². The summed E-state index contributed by atoms with van der Waals surface area (Å²) in [4.78, 5) is 17.2. The molecule has 0 aliphatic carbocycles. The molecule has 1 aromatic heterocycles. The predicted octanol–water partition coefficient (Wildman–Crippen LogP) is 3.41. The largest absolute Gasteiger partial charge is 0.486 e. The lowest BCUT2D eigenvalue weighted by molar-refractivity contribution is -0.385. The Labute approximate surface area is 145 Å². The molecule has 2 aliphatic heterocycles. The van der Waals surface area contributed by atoms with Crippen molar-refractivity contribution < 1.29 is 14.4 Å². The fraction of sp³-hybridized carbons (Fsp3) is 0.389. The van der Waals surface area contributed by atoms with Crippen LogP contribution in [0.5, 0.6) is 11.5 Å². The van der Waals surface area contributed by atoms with E-state index in [2.05, 4.69) is 16.0 Å². The van der Waals surface area contributed by atoms with Crippen LogP contribution in [0, 0.1) is 17.0 Å². The average Bonchev–Trinajstić information content (AvgIpc) is 3.10. The van der Waals surface area contributed by atoms with Gasteiger partial charge >= 0.3 is 0 Å². The van der Waals surface area contributed by atoms with Crippen LogP contribution in [-0.2, 0) is 0 Å². The van der Waals surface area contributed by atoms with E-state index in [1.54, 1.807) is 13.0 Å². The second-order valence-corrected chi connectivity index (χ2v) is 6.31. The zero-order valence-corrected chi connectivity index (χ0v) is 14.0. The van der Waals surface area contributed by atoms with Crippen LogP contribution in [0.1, 0.15) is 30.0 Å². The molecule has 2 aromatic rings. The van der Waals surface area contributed by atoms with E-state index in [1.165, 1.54) is 6.20 Å². The van der Waals surface area contributed by atoms with Gasteiger partial charge in [-0.15, -0.1) is 0 Å². The Balaban J connectivity index is 1.70. The summed E-state index contributed by atoms with van der Waals surface area (Å²) in [5.41, 5.74) is 1.76. The van der Waals surface area contributed by atoms with Crippen molar-refractivity contribution in [3.63, 3.8) is 0 Å². The SMILES string of the molecule is Cc1cc(N2CCCC2c2cccc3c2OCCO3)ncc1[N+](=O)[O-]. The number of aryl methyl sites for hydroxylation is 1. The lowest BCUT2D eigenvalue weighted by atomic mass is 10.0. The highest BCUT2D eigenvalue weighted by atomic mass is 16.6. The number of para-hydroxylation sites is 1. The third kappa shape index (κ3) is 2.75. The molecular formula is C18H19N3O4. The number of benzene rings is 1. The van der Waals surface area contributed by atoms with Crippen molar-refractivity contribution >= 4 is 11.5 Å². The number of rotatable bonds is 3. The van der Waals surface area contributed by atoms with Crippen molar-refractivity contribution in [3.05, 3.63) is 51.7 Å². The van der Waals surface area contributed by atoms with Crippen LogP contribution in [0.25, 0.3) is 0 Å². The average molecular weight is 341 g/mol. The lowest BCUT2D eigenvalue weighted by Gasteiger charge is -2.29. The molecule has 7 nitrogen and oxygen atoms in total. The molecule has 1 fully saturated rings. The molecule has 1 saturated heterocycles. The minimum Gasteiger partial charge on any atom is -0.486 e. The maximum Gasteiger partial charge on any atom is 0.290 e. The first-order chi connectivity index (χ1) is 12.1. The summed E-state index contributed by atoms with van der Waals surface area (Å²) in [7, 11) is 0. The van der Waals surface area contributed by atoms with E-state index in [0.717, 1.165) is 42.3 Å². The third-order valence-corrected chi connectivity index (χ3v) is 4.77. The molecule has 0 N–H and O–H groups in total. The van der Waals surface area contributed by atoms with Crippen molar-refractivity contribution in [1.82, 2.24) is 4.98 Å². The maximum absolute atomic E-state index is 11.0. The molecule has 7 heteroatoms. The Morgan fingerprint density at radius 3 is 2.96 bits per heavy atom. The molecule has 1 unspecified atom stereocenters. The van der Waals surface area contributed by atoms with E-state index in [9.17, 15) is 10.1 Å². The highest BCUT2D eigenvalue weighted by molar-refractivity contribution is 5.55. The Morgan fingerprint density at radius 1 is 1.32 bits per heavy atom. The first-order valence-electron chi connectivity index (χ1n) is 8.41. The van der Waals surface area contributed by atoms with E-state index in [4.69, 9.17) is 9.47 Å². The summed E-state index contributed by atoms with van der Waals surface area (Å²) in [5.74, 6) is 2.35. The normalized spacial score (nSPS) is 19.1. The molecule has 3 heterocycles. The quantitative estimate of drug-likeness (QED) is 0.629. The fourth-order valence-corrected chi connectivity index (χ4v) is 3.61. The summed E-state index contributed by atoms with van der Waals surface area (Å²) in [6, 6.07) is 7.89. The van der Waals surface area contributed by atoms with Crippen molar-refractivity contribution in [2.75, 3.05) is 24.7 Å². The van der Waals surface area contributed by atoms with Gasteiger partial charge in [0.15, 0.2) is 11.5 Å². The first kappa shape index (κ1) is 15.7. The second kappa shape index (κ2) is 6.23. The van der Waals surface area contributed by atoms with Gasteiger partial charge in [-0.2, -0.15) is 0 Å². The third-order valence-electron chi connectivity index (χ3n) is 4.77. The highest BCUT2D eigenvalue weighted by Gasteiger charge is 2.32. The topological polar surface area (TPSA) is 77.7 Å². The molecule has 1 aromatic carbocycles. The van der Waals surface area contributed by atoms with Gasteiger partial charge in [0.05, 0.1) is 11.0 Å². The smallest absolute Gasteiger partial charge is 0.290 e. The van der Waals surface area contributed by atoms with Crippen molar-refractivity contribution in [1.29, 1.82) is 0 Å². The van der Waals surface area contributed by atoms with E-state index < -0.39 is 4.92 Å². The number of aromatic nitrogens is 1.